The van der Waals surface area contributed by atoms with Crippen molar-refractivity contribution in [1.29, 1.82) is 5.26 Å². The summed E-state index contributed by atoms with van der Waals surface area (Å²) in [7, 11) is 0. The first kappa shape index (κ1) is 46.9. The van der Waals surface area contributed by atoms with Crippen LogP contribution in [0.2, 0.25) is 0 Å². The zero-order valence-corrected chi connectivity index (χ0v) is 37.2. The average molecular weight is 969 g/mol. The molecular weight excluding hydrogens is 949 g/mol. The average Bonchev–Trinajstić information content (AvgIpc) is 3.07. The van der Waals surface area contributed by atoms with Crippen LogP contribution in [0.3, 0.4) is 0 Å². The summed E-state index contributed by atoms with van der Waals surface area (Å²) in [6, 6.07) is 8.08. The molecule has 1 aromatic heterocycles. The van der Waals surface area contributed by atoms with E-state index >= 15 is 0 Å². The number of halogens is 2. The van der Waals surface area contributed by atoms with Crippen molar-refractivity contribution in [3.05, 3.63) is 40.5 Å². The van der Waals surface area contributed by atoms with Crippen molar-refractivity contribution in [2.45, 2.75) is 32.5 Å². The quantitative estimate of drug-likeness (QED) is 0.513. The number of hydrogen-bond acceptors (Lipinski definition) is 4. The summed E-state index contributed by atoms with van der Waals surface area (Å²) in [4.78, 5) is 30.0. The number of likely N-dealkylation sites (tertiary alicyclic amines) is 1. The zero-order chi connectivity index (χ0) is 20.0. The molecule has 1 saturated heterocycles. The Balaban J connectivity index is -0.000000318. The van der Waals surface area contributed by atoms with E-state index in [4.69, 9.17) is 5.26 Å². The second kappa shape index (κ2) is 25.1. The first-order valence-corrected chi connectivity index (χ1v) is 9.44. The van der Waals surface area contributed by atoms with Crippen molar-refractivity contribution in [1.82, 2.24) is 15.2 Å². The van der Waals surface area contributed by atoms with E-state index in [2.05, 4.69) is 26.2 Å². The minimum Gasteiger partial charge on any atom is -0.343 e. The Hall–Kier alpha value is 4.09. The molecule has 1 aliphatic rings. The molecular formula is C19H20BrFN4O2Y6. The van der Waals surface area contributed by atoms with Crippen LogP contribution in [0.5, 0.6) is 0 Å². The number of hydrogen-bond donors (Lipinski definition) is 1. The van der Waals surface area contributed by atoms with E-state index in [1.165, 1.54) is 11.1 Å². The summed E-state index contributed by atoms with van der Waals surface area (Å²) < 4.78 is 14.2. The summed E-state index contributed by atoms with van der Waals surface area (Å²) in [6.07, 6.45) is 0.331. The predicted molar refractivity (Wildman–Crippen MR) is 104 cm³/mol. The van der Waals surface area contributed by atoms with Crippen molar-refractivity contribution >= 4 is 38.6 Å². The first-order chi connectivity index (χ1) is 13.0. The minimum atomic E-state index is -1.20. The number of rotatable bonds is 3. The molecule has 2 amide bonds. The SMILES string of the molecule is CC.N#C[C@@H]1CC(F)CN1C(=O)CNC(=O)c1ccnc2ccc(Br)cc12.[Y].[Y].[Y].[Y].[Y].[Y]. The molecule has 0 aliphatic carbocycles. The van der Waals surface area contributed by atoms with Gasteiger partial charge in [0, 0.05) is 219 Å². The molecule has 6 radical (unpaired) electrons. The van der Waals surface area contributed by atoms with E-state index in [1.807, 2.05) is 26.0 Å². The molecule has 2 aromatic rings. The smallest absolute Gasteiger partial charge is 0.252 e. The van der Waals surface area contributed by atoms with Crippen LogP contribution < -0.4 is 5.32 Å². The van der Waals surface area contributed by atoms with Crippen LogP contribution in [0.25, 0.3) is 10.9 Å². The number of alkyl halides is 1. The van der Waals surface area contributed by atoms with E-state index in [9.17, 15) is 14.0 Å². The van der Waals surface area contributed by atoms with E-state index in [0.717, 1.165) is 4.47 Å². The van der Waals surface area contributed by atoms with Gasteiger partial charge in [-0.15, -0.1) is 0 Å². The fraction of sp³-hybridized carbons (Fsp3) is 0.368. The molecule has 1 N–H and O–H groups in total. The maximum absolute atomic E-state index is 13.4. The van der Waals surface area contributed by atoms with Crippen LogP contribution in [-0.4, -0.2) is 47.0 Å². The number of nitriles is 1. The summed E-state index contributed by atoms with van der Waals surface area (Å²) in [5.74, 6) is -0.900. The standard InChI is InChI=1S/C17H14BrFN4O2.C2H6.6Y/c18-10-1-2-15-14(5-10)13(3-4-21-15)17(25)22-8-16(24)23-9-11(19)6-12(23)7-20;1-2;;;;;;/h1-5,11-12H,6,8-9H2,(H,22,25);1-2H3;;;;;;/t11?,12-;;;;;;;/m0......./s1. The number of pyridine rings is 1. The van der Waals surface area contributed by atoms with E-state index in [1.54, 1.807) is 18.2 Å². The van der Waals surface area contributed by atoms with Gasteiger partial charge < -0.3 is 10.2 Å². The van der Waals surface area contributed by atoms with Crippen molar-refractivity contribution in [2.24, 2.45) is 0 Å². The Morgan fingerprint density at radius 1 is 1.18 bits per heavy atom. The molecule has 6 nitrogen and oxygen atoms in total. The maximum Gasteiger partial charge on any atom is 0.252 e. The van der Waals surface area contributed by atoms with Gasteiger partial charge >= 0.3 is 0 Å². The number of carbonyl (C=O) groups is 2. The molecule has 33 heavy (non-hydrogen) atoms. The van der Waals surface area contributed by atoms with Gasteiger partial charge in [-0.05, 0) is 24.3 Å². The van der Waals surface area contributed by atoms with Crippen LogP contribution in [0.4, 0.5) is 4.39 Å². The van der Waals surface area contributed by atoms with E-state index in [0.29, 0.717) is 16.5 Å². The molecule has 14 heteroatoms. The normalized spacial score (nSPS) is 15.1. The van der Waals surface area contributed by atoms with E-state index < -0.39 is 24.0 Å². The molecule has 1 unspecified atom stereocenters. The summed E-state index contributed by atoms with van der Waals surface area (Å²) in [6.45, 7) is 3.60. The monoisotopic (exact) mass is 968 g/mol. The first-order valence-electron chi connectivity index (χ1n) is 8.65. The second-order valence-corrected chi connectivity index (χ2v) is 6.64. The summed E-state index contributed by atoms with van der Waals surface area (Å²) in [5.41, 5.74) is 1.05. The Morgan fingerprint density at radius 2 is 1.79 bits per heavy atom. The predicted octanol–water partition coefficient (Wildman–Crippen LogP) is 3.20. The summed E-state index contributed by atoms with van der Waals surface area (Å²) in [5, 5.41) is 12.2. The third kappa shape index (κ3) is 14.3. The van der Waals surface area contributed by atoms with Crippen LogP contribution in [0.15, 0.2) is 34.9 Å². The fourth-order valence-electron chi connectivity index (χ4n) is 2.85. The molecule has 0 saturated carbocycles. The fourth-order valence-corrected chi connectivity index (χ4v) is 3.21. The second-order valence-electron chi connectivity index (χ2n) is 5.73. The molecule has 0 spiro atoms. The van der Waals surface area contributed by atoms with Crippen molar-refractivity contribution < 1.29 is 210 Å². The van der Waals surface area contributed by atoms with Gasteiger partial charge in [0.1, 0.15) is 12.2 Å². The number of nitrogens with zero attached hydrogens (tertiary/aromatic N) is 3. The van der Waals surface area contributed by atoms with E-state index in [-0.39, 0.29) is 216 Å². The largest absolute Gasteiger partial charge is 0.343 e. The van der Waals surface area contributed by atoms with Crippen molar-refractivity contribution in [3.63, 3.8) is 0 Å². The van der Waals surface area contributed by atoms with Gasteiger partial charge in [-0.1, -0.05) is 29.8 Å². The molecule has 3 rings (SSSR count). The Bertz CT molecular complexity index is 906. The van der Waals surface area contributed by atoms with Crippen LogP contribution in [0, 0.1) is 11.3 Å². The van der Waals surface area contributed by atoms with Gasteiger partial charge in [-0.3, -0.25) is 14.6 Å². The number of amides is 2. The van der Waals surface area contributed by atoms with Gasteiger partial charge in [-0.25, -0.2) is 4.39 Å². The van der Waals surface area contributed by atoms with Crippen molar-refractivity contribution in [3.8, 4) is 6.07 Å². The Kier molecular flexibility index (Phi) is 35.7. The van der Waals surface area contributed by atoms with Crippen LogP contribution >= 0.6 is 15.9 Å². The molecule has 1 aromatic carbocycles. The zero-order valence-electron chi connectivity index (χ0n) is 18.5. The maximum atomic E-state index is 13.4. The number of aromatic nitrogens is 1. The molecule has 1 fully saturated rings. The third-order valence-electron chi connectivity index (χ3n) is 4.07. The van der Waals surface area contributed by atoms with Crippen LogP contribution in [-0.2, 0) is 201 Å². The topological polar surface area (TPSA) is 86.1 Å². The van der Waals surface area contributed by atoms with Gasteiger partial charge in [0.15, 0.2) is 0 Å². The molecule has 0 bridgehead atoms. The van der Waals surface area contributed by atoms with Gasteiger partial charge in [-0.2, -0.15) is 5.26 Å². The van der Waals surface area contributed by atoms with Gasteiger partial charge in [0.25, 0.3) is 5.91 Å². The molecule has 2 heterocycles. The number of nitrogens with one attached hydrogen (secondary N) is 1. The van der Waals surface area contributed by atoms with Gasteiger partial charge in [0.2, 0.25) is 5.91 Å². The number of benzene rings is 1. The summed E-state index contributed by atoms with van der Waals surface area (Å²) >= 11 is 3.36. The number of carbonyl (C=O) groups excluding carboxylic acids is 2. The molecule has 2 atom stereocenters. The van der Waals surface area contributed by atoms with Crippen molar-refractivity contribution in [2.75, 3.05) is 13.1 Å². The van der Waals surface area contributed by atoms with Gasteiger partial charge in [0.05, 0.1) is 30.2 Å². The minimum absolute atomic E-state index is 0. The molecule has 1 aliphatic heterocycles. The number of fused-ring (bicyclic) bond motifs is 1. The van der Waals surface area contributed by atoms with Crippen LogP contribution in [0.1, 0.15) is 30.6 Å². The Morgan fingerprint density at radius 3 is 2.36 bits per heavy atom. The Labute approximate surface area is 353 Å². The third-order valence-corrected chi connectivity index (χ3v) is 4.56. The molecule has 160 valence electrons.